The summed E-state index contributed by atoms with van der Waals surface area (Å²) in [4.78, 5) is 47.9. The lowest BCUT2D eigenvalue weighted by atomic mass is 10.1. The van der Waals surface area contributed by atoms with E-state index in [1.807, 2.05) is 0 Å². The lowest BCUT2D eigenvalue weighted by molar-refractivity contribution is -0.384. The van der Waals surface area contributed by atoms with Crippen molar-refractivity contribution in [1.82, 2.24) is 0 Å². The average Bonchev–Trinajstić information content (AvgIpc) is 2.83. The number of carbonyl (C=O) groups is 3. The van der Waals surface area contributed by atoms with E-state index in [1.165, 1.54) is 24.3 Å². The van der Waals surface area contributed by atoms with E-state index in [0.29, 0.717) is 5.56 Å². The number of carbonyl (C=O) groups excluding carboxylic acids is 3. The molecule has 174 valence electrons. The van der Waals surface area contributed by atoms with Crippen LogP contribution in [0, 0.1) is 15.9 Å². The molecule has 0 spiro atoms. The molecule has 0 radical (unpaired) electrons. The molecule has 0 aliphatic carbocycles. The number of nitro groups is 1. The predicted molar refractivity (Wildman–Crippen MR) is 122 cm³/mol. The van der Waals surface area contributed by atoms with Gasteiger partial charge in [-0.05, 0) is 30.3 Å². The van der Waals surface area contributed by atoms with Crippen molar-refractivity contribution in [1.29, 1.82) is 0 Å². The van der Waals surface area contributed by atoms with Gasteiger partial charge < -0.3 is 10.1 Å². The Morgan fingerprint density at radius 1 is 1.00 bits per heavy atom. The summed E-state index contributed by atoms with van der Waals surface area (Å²) in [5.41, 5.74) is 0.469. The van der Waals surface area contributed by atoms with Gasteiger partial charge in [-0.2, -0.15) is 0 Å². The molecule has 0 heterocycles. The van der Waals surface area contributed by atoms with E-state index in [4.69, 9.17) is 16.3 Å². The van der Waals surface area contributed by atoms with Crippen LogP contribution in [0.25, 0.3) is 0 Å². The van der Waals surface area contributed by atoms with E-state index in [1.54, 1.807) is 30.3 Å². The third-order valence-corrected chi connectivity index (χ3v) is 5.05. The number of hydrogen-bond acceptors (Lipinski definition) is 6. The third kappa shape index (κ3) is 6.46. The Morgan fingerprint density at radius 2 is 1.68 bits per heavy atom. The van der Waals surface area contributed by atoms with Gasteiger partial charge in [0, 0.05) is 29.7 Å². The molecule has 0 aromatic heterocycles. The number of rotatable bonds is 9. The van der Waals surface area contributed by atoms with Crippen molar-refractivity contribution in [2.24, 2.45) is 0 Å². The number of anilines is 1. The number of benzene rings is 3. The van der Waals surface area contributed by atoms with Crippen molar-refractivity contribution >= 4 is 40.6 Å². The molecule has 3 aromatic carbocycles. The van der Waals surface area contributed by atoms with Crippen molar-refractivity contribution in [2.75, 3.05) is 5.32 Å². The monoisotopic (exact) mass is 484 g/mol. The maximum absolute atomic E-state index is 13.0. The highest BCUT2D eigenvalue weighted by atomic mass is 35.5. The number of nitro benzene ring substituents is 1. The van der Waals surface area contributed by atoms with Crippen molar-refractivity contribution in [3.05, 3.63) is 105 Å². The molecule has 3 rings (SSSR count). The second-order valence-corrected chi connectivity index (χ2v) is 7.53. The van der Waals surface area contributed by atoms with Gasteiger partial charge in [0.05, 0.1) is 22.1 Å². The molecule has 8 nitrogen and oxygen atoms in total. The Hall–Kier alpha value is -4.11. The van der Waals surface area contributed by atoms with Crippen LogP contribution in [0.3, 0.4) is 0 Å². The molecule has 0 bridgehead atoms. The second kappa shape index (κ2) is 11.2. The molecule has 1 N–H and O–H groups in total. The van der Waals surface area contributed by atoms with E-state index in [2.05, 4.69) is 5.32 Å². The molecular weight excluding hydrogens is 467 g/mol. The van der Waals surface area contributed by atoms with Crippen LogP contribution in [0.15, 0.2) is 72.8 Å². The van der Waals surface area contributed by atoms with Crippen LogP contribution < -0.4 is 5.32 Å². The molecule has 3 aromatic rings. The van der Waals surface area contributed by atoms with Crippen molar-refractivity contribution in [2.45, 2.75) is 18.9 Å². The van der Waals surface area contributed by atoms with Gasteiger partial charge in [0.25, 0.3) is 11.6 Å². The number of nitrogens with one attached hydrogen (secondary N) is 1. The van der Waals surface area contributed by atoms with Crippen molar-refractivity contribution in [3.63, 3.8) is 0 Å². The summed E-state index contributed by atoms with van der Waals surface area (Å²) in [7, 11) is 0. The zero-order chi connectivity index (χ0) is 24.7. The van der Waals surface area contributed by atoms with Gasteiger partial charge in [0.15, 0.2) is 5.78 Å². The summed E-state index contributed by atoms with van der Waals surface area (Å²) >= 11 is 6.04. The molecule has 1 amide bonds. The summed E-state index contributed by atoms with van der Waals surface area (Å²) in [6, 6.07) is 16.6. The number of nitrogens with zero attached hydrogens (tertiary/aromatic N) is 1. The number of non-ortho nitro benzene ring substituents is 1. The average molecular weight is 485 g/mol. The normalized spacial score (nSPS) is 11.4. The smallest absolute Gasteiger partial charge is 0.307 e. The van der Waals surface area contributed by atoms with Crippen LogP contribution in [-0.4, -0.2) is 22.6 Å². The van der Waals surface area contributed by atoms with Gasteiger partial charge in [-0.25, -0.2) is 4.39 Å². The van der Waals surface area contributed by atoms with Crippen LogP contribution in [0.2, 0.25) is 5.02 Å². The summed E-state index contributed by atoms with van der Waals surface area (Å²) in [6.45, 7) is 0. The fourth-order valence-electron chi connectivity index (χ4n) is 3.00. The number of esters is 1. The molecule has 0 saturated carbocycles. The topological polar surface area (TPSA) is 116 Å². The first-order chi connectivity index (χ1) is 16.2. The van der Waals surface area contributed by atoms with E-state index in [-0.39, 0.29) is 40.6 Å². The third-order valence-electron chi connectivity index (χ3n) is 4.73. The van der Waals surface area contributed by atoms with E-state index in [0.717, 1.165) is 18.2 Å². The molecule has 0 aliphatic rings. The fourth-order valence-corrected chi connectivity index (χ4v) is 3.23. The molecule has 10 heteroatoms. The maximum atomic E-state index is 13.0. The summed E-state index contributed by atoms with van der Waals surface area (Å²) in [6.07, 6.45) is -1.85. The predicted octanol–water partition coefficient (Wildman–Crippen LogP) is 5.27. The maximum Gasteiger partial charge on any atom is 0.307 e. The Kier molecular flexibility index (Phi) is 8.05. The molecule has 1 atom stereocenters. The second-order valence-electron chi connectivity index (χ2n) is 7.12. The van der Waals surface area contributed by atoms with Gasteiger partial charge in [0.1, 0.15) is 5.82 Å². The van der Waals surface area contributed by atoms with Crippen LogP contribution in [0.1, 0.15) is 34.9 Å². The van der Waals surface area contributed by atoms with Gasteiger partial charge in [-0.15, -0.1) is 0 Å². The first-order valence-corrected chi connectivity index (χ1v) is 10.4. The van der Waals surface area contributed by atoms with Gasteiger partial charge in [0.2, 0.25) is 6.10 Å². The lowest BCUT2D eigenvalue weighted by Crippen LogP contribution is -2.26. The first kappa shape index (κ1) is 24.5. The van der Waals surface area contributed by atoms with Gasteiger partial charge in [-0.3, -0.25) is 24.5 Å². The van der Waals surface area contributed by atoms with E-state index < -0.39 is 28.7 Å². The zero-order valence-corrected chi connectivity index (χ0v) is 18.3. The van der Waals surface area contributed by atoms with E-state index >= 15 is 0 Å². The minimum Gasteiger partial charge on any atom is -0.447 e. The fraction of sp³-hybridized carbons (Fsp3) is 0.125. The number of Topliss-reactive ketones (excluding diaryl/α,β-unsaturated/α-hetero) is 1. The molecule has 1 unspecified atom stereocenters. The first-order valence-electron chi connectivity index (χ1n) is 10.0. The van der Waals surface area contributed by atoms with Crippen LogP contribution in [0.5, 0.6) is 0 Å². The summed E-state index contributed by atoms with van der Waals surface area (Å²) in [5, 5.41) is 13.3. The van der Waals surface area contributed by atoms with Gasteiger partial charge in [-0.1, -0.05) is 41.9 Å². The highest BCUT2D eigenvalue weighted by molar-refractivity contribution is 6.34. The highest BCUT2D eigenvalue weighted by Gasteiger charge is 2.26. The van der Waals surface area contributed by atoms with Crippen molar-refractivity contribution < 1.29 is 28.4 Å². The number of hydrogen-bond donors (Lipinski definition) is 1. The van der Waals surface area contributed by atoms with Crippen LogP contribution in [-0.2, 0) is 14.3 Å². The minimum atomic E-state index is -1.36. The largest absolute Gasteiger partial charge is 0.447 e. The Labute approximate surface area is 198 Å². The Morgan fingerprint density at radius 3 is 2.29 bits per heavy atom. The molecule has 0 saturated heterocycles. The summed E-state index contributed by atoms with van der Waals surface area (Å²) < 4.78 is 18.4. The highest BCUT2D eigenvalue weighted by Crippen LogP contribution is 2.28. The SMILES string of the molecule is O=C(CCC(=O)c1ccc(F)cc1)OC(C(=O)Nc1ccc([N+](=O)[O-])cc1Cl)c1ccccc1. The minimum absolute atomic E-state index is 0.0643. The lowest BCUT2D eigenvalue weighted by Gasteiger charge is -2.18. The van der Waals surface area contributed by atoms with Crippen LogP contribution in [0.4, 0.5) is 15.8 Å². The molecule has 0 aliphatic heterocycles. The quantitative estimate of drug-likeness (QED) is 0.191. The molecule has 0 fully saturated rings. The number of ketones is 1. The van der Waals surface area contributed by atoms with E-state index in [9.17, 15) is 28.9 Å². The summed E-state index contributed by atoms with van der Waals surface area (Å²) in [5.74, 6) is -2.40. The molecular formula is C24H18ClFN2O6. The number of amides is 1. The van der Waals surface area contributed by atoms with Gasteiger partial charge >= 0.3 is 5.97 Å². The Bertz CT molecular complexity index is 1220. The number of ether oxygens (including phenoxy) is 1. The molecule has 34 heavy (non-hydrogen) atoms. The van der Waals surface area contributed by atoms with Crippen LogP contribution >= 0.6 is 11.6 Å². The number of halogens is 2. The van der Waals surface area contributed by atoms with Crippen molar-refractivity contribution in [3.8, 4) is 0 Å². The zero-order valence-electron chi connectivity index (χ0n) is 17.6. The standard InChI is InChI=1S/C24H18ClFN2O6/c25-19-14-18(28(32)33)10-11-20(19)27-24(31)23(16-4-2-1-3-5-16)34-22(30)13-12-21(29)15-6-8-17(26)9-7-15/h1-11,14,23H,12-13H2,(H,27,31). The Balaban J connectivity index is 1.70.